The minimum Gasteiger partial charge on any atom is -0.374 e. The van der Waals surface area contributed by atoms with Crippen LogP contribution in [0.25, 0.3) is 10.9 Å². The first-order chi connectivity index (χ1) is 12.2. The molecule has 0 aliphatic heterocycles. The van der Waals surface area contributed by atoms with Gasteiger partial charge in [0.25, 0.3) is 0 Å². The van der Waals surface area contributed by atoms with Crippen LogP contribution in [0, 0.1) is 0 Å². The van der Waals surface area contributed by atoms with Crippen LogP contribution < -0.4 is 11.1 Å². The molecule has 1 amide bonds. The molecule has 0 saturated heterocycles. The number of nitrogens with two attached hydrogens (primary N) is 1. The molecule has 0 radical (unpaired) electrons. The molecule has 2 heterocycles. The summed E-state index contributed by atoms with van der Waals surface area (Å²) in [5.41, 5.74) is 9.11. The van der Waals surface area contributed by atoms with Gasteiger partial charge < -0.3 is 16.0 Å². The fourth-order valence-corrected chi connectivity index (χ4v) is 4.27. The molecule has 0 spiro atoms. The second-order valence-electron chi connectivity index (χ2n) is 6.44. The van der Waals surface area contributed by atoms with Crippen LogP contribution >= 0.6 is 11.3 Å². The number of hydrogen-bond acceptors (Lipinski definition) is 5. The van der Waals surface area contributed by atoms with Crippen LogP contribution in [-0.4, -0.2) is 27.6 Å². The molecule has 4 N–H and O–H groups in total. The van der Waals surface area contributed by atoms with Crippen LogP contribution in [0.4, 0.5) is 5.13 Å². The number of amides is 1. The Morgan fingerprint density at radius 1 is 1.36 bits per heavy atom. The van der Waals surface area contributed by atoms with E-state index in [4.69, 9.17) is 5.73 Å². The molecule has 2 aromatic heterocycles. The summed E-state index contributed by atoms with van der Waals surface area (Å²) in [7, 11) is 0. The number of H-pyrrole nitrogens is 1. The van der Waals surface area contributed by atoms with Crippen molar-refractivity contribution in [3.8, 4) is 0 Å². The Balaban J connectivity index is 1.40. The quantitative estimate of drug-likeness (QED) is 0.613. The SMILES string of the molecule is Nc1nnc(CCCNC(=O)C2CCCc3c2[nH]c2ccccc32)s1. The Hall–Kier alpha value is -2.41. The number of carbonyl (C=O) groups excluding carboxylic acids is 1. The van der Waals surface area contributed by atoms with E-state index in [1.165, 1.54) is 22.3 Å². The van der Waals surface area contributed by atoms with E-state index in [2.05, 4.69) is 38.7 Å². The third-order valence-corrected chi connectivity index (χ3v) is 5.59. The predicted octanol–water partition coefficient (Wildman–Crippen LogP) is 2.77. The van der Waals surface area contributed by atoms with Crippen LogP contribution in [0.15, 0.2) is 24.3 Å². The Morgan fingerprint density at radius 3 is 3.08 bits per heavy atom. The number of nitrogens with one attached hydrogen (secondary N) is 2. The maximum Gasteiger partial charge on any atom is 0.229 e. The number of para-hydroxylation sites is 1. The van der Waals surface area contributed by atoms with Gasteiger partial charge in [0.15, 0.2) is 0 Å². The van der Waals surface area contributed by atoms with Gasteiger partial charge in [0.1, 0.15) is 5.01 Å². The maximum absolute atomic E-state index is 12.7. The van der Waals surface area contributed by atoms with Crippen molar-refractivity contribution in [3.63, 3.8) is 0 Å². The Labute approximate surface area is 149 Å². The fourth-order valence-electron chi connectivity index (χ4n) is 3.62. The highest BCUT2D eigenvalue weighted by molar-refractivity contribution is 7.15. The summed E-state index contributed by atoms with van der Waals surface area (Å²) in [6.07, 6.45) is 4.63. The first kappa shape index (κ1) is 16.1. The number of aromatic amines is 1. The minimum atomic E-state index is -0.0756. The van der Waals surface area contributed by atoms with Crippen molar-refractivity contribution in [1.29, 1.82) is 0 Å². The number of aromatic nitrogens is 3. The monoisotopic (exact) mass is 355 g/mol. The molecule has 1 aliphatic carbocycles. The second kappa shape index (κ2) is 6.84. The lowest BCUT2D eigenvalue weighted by atomic mass is 9.86. The lowest BCUT2D eigenvalue weighted by Crippen LogP contribution is -2.32. The topological polar surface area (TPSA) is 96.7 Å². The third kappa shape index (κ3) is 3.24. The number of nitrogen functional groups attached to an aromatic ring is 1. The summed E-state index contributed by atoms with van der Waals surface area (Å²) in [5.74, 6) is 0.0395. The van der Waals surface area contributed by atoms with Crippen molar-refractivity contribution >= 4 is 33.3 Å². The average molecular weight is 355 g/mol. The van der Waals surface area contributed by atoms with Crippen LogP contribution in [0.2, 0.25) is 0 Å². The molecule has 1 aromatic carbocycles. The molecule has 3 aromatic rings. The standard InChI is InChI=1S/C18H21N5OS/c19-18-23-22-15(25-18)9-4-10-20-17(24)13-7-3-6-12-11-5-1-2-8-14(11)21-16(12)13/h1-2,5,8,13,21H,3-4,6-7,9-10H2,(H2,19,23)(H,20,24). The molecular weight excluding hydrogens is 334 g/mol. The number of hydrogen-bond donors (Lipinski definition) is 3. The number of anilines is 1. The van der Waals surface area contributed by atoms with Gasteiger partial charge in [-0.05, 0) is 37.3 Å². The molecule has 7 heteroatoms. The van der Waals surface area contributed by atoms with Gasteiger partial charge in [-0.2, -0.15) is 0 Å². The van der Waals surface area contributed by atoms with E-state index in [1.807, 2.05) is 6.07 Å². The van der Waals surface area contributed by atoms with E-state index >= 15 is 0 Å². The minimum absolute atomic E-state index is 0.0756. The van der Waals surface area contributed by atoms with Crippen LogP contribution in [-0.2, 0) is 17.6 Å². The van der Waals surface area contributed by atoms with Crippen LogP contribution in [0.3, 0.4) is 0 Å². The Bertz CT molecular complexity index is 900. The smallest absolute Gasteiger partial charge is 0.229 e. The molecule has 1 unspecified atom stereocenters. The zero-order valence-corrected chi connectivity index (χ0v) is 14.7. The van der Waals surface area contributed by atoms with Crippen molar-refractivity contribution < 1.29 is 4.79 Å². The zero-order chi connectivity index (χ0) is 17.2. The predicted molar refractivity (Wildman–Crippen MR) is 99.6 cm³/mol. The number of fused-ring (bicyclic) bond motifs is 3. The van der Waals surface area contributed by atoms with E-state index in [-0.39, 0.29) is 11.8 Å². The number of nitrogens with zero attached hydrogens (tertiary/aromatic N) is 2. The van der Waals surface area contributed by atoms with E-state index in [1.54, 1.807) is 0 Å². The third-order valence-electron chi connectivity index (χ3n) is 4.78. The first-order valence-corrected chi connectivity index (χ1v) is 9.49. The number of aryl methyl sites for hydroxylation is 2. The molecule has 130 valence electrons. The molecule has 6 nitrogen and oxygen atoms in total. The number of rotatable bonds is 5. The van der Waals surface area contributed by atoms with Gasteiger partial charge in [0, 0.05) is 29.6 Å². The number of carbonyl (C=O) groups is 1. The highest BCUT2D eigenvalue weighted by Crippen LogP contribution is 2.36. The molecule has 0 fully saturated rings. The first-order valence-electron chi connectivity index (χ1n) is 8.67. The van der Waals surface area contributed by atoms with Crippen LogP contribution in [0.1, 0.15) is 41.4 Å². The van der Waals surface area contributed by atoms with Crippen LogP contribution in [0.5, 0.6) is 0 Å². The molecular formula is C18H21N5OS. The van der Waals surface area contributed by atoms with Gasteiger partial charge in [-0.3, -0.25) is 4.79 Å². The van der Waals surface area contributed by atoms with Crippen molar-refractivity contribution in [2.75, 3.05) is 12.3 Å². The van der Waals surface area contributed by atoms with Crippen molar-refractivity contribution in [1.82, 2.24) is 20.5 Å². The second-order valence-corrected chi connectivity index (χ2v) is 7.53. The van der Waals surface area contributed by atoms with E-state index in [0.29, 0.717) is 11.7 Å². The lowest BCUT2D eigenvalue weighted by Gasteiger charge is -2.22. The fraction of sp³-hybridized carbons (Fsp3) is 0.389. The van der Waals surface area contributed by atoms with Gasteiger partial charge in [0.05, 0.1) is 5.92 Å². The summed E-state index contributed by atoms with van der Waals surface area (Å²) in [6, 6.07) is 8.30. The highest BCUT2D eigenvalue weighted by Gasteiger charge is 2.29. The van der Waals surface area contributed by atoms with Gasteiger partial charge in [-0.1, -0.05) is 29.5 Å². The summed E-state index contributed by atoms with van der Waals surface area (Å²) in [4.78, 5) is 16.2. The van der Waals surface area contributed by atoms with E-state index in [0.717, 1.165) is 48.3 Å². The molecule has 25 heavy (non-hydrogen) atoms. The van der Waals surface area contributed by atoms with Crippen molar-refractivity contribution in [2.24, 2.45) is 0 Å². The lowest BCUT2D eigenvalue weighted by molar-refractivity contribution is -0.122. The van der Waals surface area contributed by atoms with Crippen molar-refractivity contribution in [3.05, 3.63) is 40.5 Å². The molecule has 1 aliphatic rings. The molecule has 0 bridgehead atoms. The summed E-state index contributed by atoms with van der Waals surface area (Å²) in [6.45, 7) is 0.643. The largest absolute Gasteiger partial charge is 0.374 e. The number of benzene rings is 1. The van der Waals surface area contributed by atoms with Gasteiger partial charge in [0.2, 0.25) is 11.0 Å². The molecule has 1 atom stereocenters. The summed E-state index contributed by atoms with van der Waals surface area (Å²) >= 11 is 1.41. The van der Waals surface area contributed by atoms with E-state index < -0.39 is 0 Å². The molecule has 0 saturated carbocycles. The molecule has 4 rings (SSSR count). The summed E-state index contributed by atoms with van der Waals surface area (Å²) in [5, 5.41) is 13.6. The normalized spacial score (nSPS) is 16.7. The Morgan fingerprint density at radius 2 is 2.24 bits per heavy atom. The Kier molecular flexibility index (Phi) is 4.40. The van der Waals surface area contributed by atoms with Gasteiger partial charge in [-0.15, -0.1) is 10.2 Å². The highest BCUT2D eigenvalue weighted by atomic mass is 32.1. The average Bonchev–Trinajstić information content (AvgIpc) is 3.21. The van der Waals surface area contributed by atoms with E-state index in [9.17, 15) is 4.79 Å². The zero-order valence-electron chi connectivity index (χ0n) is 13.9. The van der Waals surface area contributed by atoms with Gasteiger partial charge in [-0.25, -0.2) is 0 Å². The van der Waals surface area contributed by atoms with Crippen molar-refractivity contribution in [2.45, 2.75) is 38.0 Å². The maximum atomic E-state index is 12.7. The summed E-state index contributed by atoms with van der Waals surface area (Å²) < 4.78 is 0. The van der Waals surface area contributed by atoms with Gasteiger partial charge >= 0.3 is 0 Å².